The molecule has 0 amide bonds. The van der Waals surface area contributed by atoms with Crippen LogP contribution in [0.5, 0.6) is 28.7 Å². The van der Waals surface area contributed by atoms with Crippen LogP contribution in [0.2, 0.25) is 0 Å². The van der Waals surface area contributed by atoms with Gasteiger partial charge >= 0.3 is 0 Å². The van der Waals surface area contributed by atoms with Crippen molar-refractivity contribution < 1.29 is 50.0 Å². The SMILES string of the molecule is C[C@H]1O[C@H](O[C@@H]2Cc3c(O)cc(O)cc3O[C@@H]2c2ccc(O)c(O)c2)[C@@H](O)[C@@H](O)[C@@H]1O. The second kappa shape index (κ2) is 8.06. The van der Waals surface area contributed by atoms with Crippen LogP contribution in [0, 0.1) is 0 Å². The summed E-state index contributed by atoms with van der Waals surface area (Å²) in [7, 11) is 0. The van der Waals surface area contributed by atoms with Crippen molar-refractivity contribution in [2.75, 3.05) is 0 Å². The Morgan fingerprint density at radius 1 is 0.871 bits per heavy atom. The first kappa shape index (κ1) is 21.5. The Balaban J connectivity index is 1.69. The fraction of sp³-hybridized carbons (Fsp3) is 0.429. The van der Waals surface area contributed by atoms with Gasteiger partial charge in [-0.2, -0.15) is 0 Å². The zero-order valence-electron chi connectivity index (χ0n) is 16.5. The van der Waals surface area contributed by atoms with Gasteiger partial charge in [0.05, 0.1) is 6.10 Å². The van der Waals surface area contributed by atoms with E-state index in [1.54, 1.807) is 0 Å². The lowest BCUT2D eigenvalue weighted by Gasteiger charge is -2.42. The first-order valence-corrected chi connectivity index (χ1v) is 9.74. The molecule has 2 heterocycles. The standard InChI is InChI=1S/C21H24O10/c1-8-17(26)18(27)19(28)21(29-8)31-16-7-11-13(24)5-10(22)6-15(11)30-20(16)9-2-3-12(23)14(25)4-9/h2-6,8,16-28H,7H2,1H3/t8-,16-,17-,18+,19+,20-,21-/m1/s1. The van der Waals surface area contributed by atoms with E-state index in [4.69, 9.17) is 14.2 Å². The summed E-state index contributed by atoms with van der Waals surface area (Å²) in [5.41, 5.74) is 0.758. The predicted octanol–water partition coefficient (Wildman–Crippen LogP) is 0.398. The molecule has 0 spiro atoms. The smallest absolute Gasteiger partial charge is 0.187 e. The lowest BCUT2D eigenvalue weighted by Crippen LogP contribution is -2.58. The van der Waals surface area contributed by atoms with E-state index in [1.165, 1.54) is 31.2 Å². The molecular weight excluding hydrogens is 412 g/mol. The number of hydrogen-bond donors (Lipinski definition) is 7. The normalized spacial score (nSPS) is 32.8. The number of benzene rings is 2. The maximum Gasteiger partial charge on any atom is 0.187 e. The molecule has 1 saturated heterocycles. The molecule has 0 saturated carbocycles. The molecule has 10 nitrogen and oxygen atoms in total. The van der Waals surface area contributed by atoms with E-state index in [2.05, 4.69) is 0 Å². The average Bonchev–Trinajstić information content (AvgIpc) is 2.72. The zero-order valence-corrected chi connectivity index (χ0v) is 16.5. The third-order valence-corrected chi connectivity index (χ3v) is 5.61. The van der Waals surface area contributed by atoms with Gasteiger partial charge in [-0.3, -0.25) is 0 Å². The summed E-state index contributed by atoms with van der Waals surface area (Å²) in [4.78, 5) is 0. The average molecular weight is 436 g/mol. The maximum absolute atomic E-state index is 10.3. The molecule has 0 aromatic heterocycles. The summed E-state index contributed by atoms with van der Waals surface area (Å²) in [6.45, 7) is 1.52. The van der Waals surface area contributed by atoms with Crippen molar-refractivity contribution in [2.45, 2.75) is 56.3 Å². The highest BCUT2D eigenvalue weighted by Crippen LogP contribution is 2.44. The van der Waals surface area contributed by atoms with Crippen LogP contribution >= 0.6 is 0 Å². The van der Waals surface area contributed by atoms with E-state index < -0.39 is 42.9 Å². The summed E-state index contributed by atoms with van der Waals surface area (Å²) in [5, 5.41) is 69.9. The number of rotatable bonds is 3. The third-order valence-electron chi connectivity index (χ3n) is 5.61. The molecule has 0 unspecified atom stereocenters. The second-order valence-electron chi connectivity index (χ2n) is 7.79. The summed E-state index contributed by atoms with van der Waals surface area (Å²) in [6, 6.07) is 6.54. The van der Waals surface area contributed by atoms with E-state index in [0.717, 1.165) is 6.07 Å². The Bertz CT molecular complexity index is 963. The Morgan fingerprint density at radius 2 is 1.61 bits per heavy atom. The number of fused-ring (bicyclic) bond motifs is 1. The number of phenolic OH excluding ortho intramolecular Hbond substituents is 4. The Kier molecular flexibility index (Phi) is 5.58. The van der Waals surface area contributed by atoms with Gasteiger partial charge in [0.25, 0.3) is 0 Å². The van der Waals surface area contributed by atoms with Gasteiger partial charge in [-0.05, 0) is 24.6 Å². The van der Waals surface area contributed by atoms with Gasteiger partial charge in [-0.15, -0.1) is 0 Å². The summed E-state index contributed by atoms with van der Waals surface area (Å²) >= 11 is 0. The van der Waals surface area contributed by atoms with Gasteiger partial charge in [-0.1, -0.05) is 6.07 Å². The van der Waals surface area contributed by atoms with Crippen molar-refractivity contribution in [1.29, 1.82) is 0 Å². The molecule has 1 fully saturated rings. The van der Waals surface area contributed by atoms with E-state index in [0.29, 0.717) is 11.1 Å². The van der Waals surface area contributed by atoms with Crippen LogP contribution in [-0.2, 0) is 15.9 Å². The van der Waals surface area contributed by atoms with Gasteiger partial charge in [0.2, 0.25) is 0 Å². The Morgan fingerprint density at radius 3 is 2.32 bits per heavy atom. The minimum absolute atomic E-state index is 0.0767. The van der Waals surface area contributed by atoms with E-state index in [-0.39, 0.29) is 35.2 Å². The second-order valence-corrected chi connectivity index (χ2v) is 7.79. The summed E-state index contributed by atoms with van der Waals surface area (Å²) in [5.74, 6) is -0.941. The molecule has 2 aliphatic rings. The van der Waals surface area contributed by atoms with E-state index in [1.807, 2.05) is 0 Å². The van der Waals surface area contributed by atoms with Crippen LogP contribution in [0.3, 0.4) is 0 Å². The first-order chi connectivity index (χ1) is 14.7. The van der Waals surface area contributed by atoms with Crippen LogP contribution in [0.4, 0.5) is 0 Å². The topological polar surface area (TPSA) is 169 Å². The molecule has 0 aliphatic carbocycles. The number of phenols is 4. The van der Waals surface area contributed by atoms with Gasteiger partial charge in [0, 0.05) is 24.1 Å². The van der Waals surface area contributed by atoms with Crippen LogP contribution in [0.25, 0.3) is 0 Å². The van der Waals surface area contributed by atoms with Crippen molar-refractivity contribution >= 4 is 0 Å². The Labute approximate surface area is 177 Å². The van der Waals surface area contributed by atoms with Gasteiger partial charge in [0.15, 0.2) is 23.9 Å². The molecule has 4 rings (SSSR count). The molecule has 0 bridgehead atoms. The Hall–Kier alpha value is -2.76. The minimum Gasteiger partial charge on any atom is -0.508 e. The molecular formula is C21H24O10. The van der Waals surface area contributed by atoms with E-state index in [9.17, 15) is 35.7 Å². The predicted molar refractivity (Wildman–Crippen MR) is 104 cm³/mol. The number of ether oxygens (including phenoxy) is 3. The van der Waals surface area contributed by atoms with Gasteiger partial charge in [0.1, 0.15) is 41.7 Å². The number of aliphatic hydroxyl groups is 3. The van der Waals surface area contributed by atoms with Crippen molar-refractivity contribution in [2.24, 2.45) is 0 Å². The fourth-order valence-corrected chi connectivity index (χ4v) is 3.87. The molecule has 31 heavy (non-hydrogen) atoms. The fourth-order valence-electron chi connectivity index (χ4n) is 3.87. The zero-order chi connectivity index (χ0) is 22.4. The van der Waals surface area contributed by atoms with Crippen molar-refractivity contribution in [3.05, 3.63) is 41.5 Å². The minimum atomic E-state index is -1.55. The van der Waals surface area contributed by atoms with E-state index >= 15 is 0 Å². The van der Waals surface area contributed by atoms with Gasteiger partial charge < -0.3 is 50.0 Å². The summed E-state index contributed by atoms with van der Waals surface area (Å²) < 4.78 is 17.4. The molecule has 2 aromatic carbocycles. The molecule has 10 heteroatoms. The largest absolute Gasteiger partial charge is 0.508 e. The van der Waals surface area contributed by atoms with Crippen LogP contribution in [-0.4, -0.2) is 72.6 Å². The maximum atomic E-state index is 10.3. The third kappa shape index (κ3) is 3.95. The highest BCUT2D eigenvalue weighted by Gasteiger charge is 2.45. The van der Waals surface area contributed by atoms with Crippen molar-refractivity contribution in [3.8, 4) is 28.7 Å². The quantitative estimate of drug-likeness (QED) is 0.334. The monoisotopic (exact) mass is 436 g/mol. The van der Waals surface area contributed by atoms with Gasteiger partial charge in [-0.25, -0.2) is 0 Å². The summed E-state index contributed by atoms with van der Waals surface area (Å²) in [6.07, 6.45) is -8.15. The molecule has 0 radical (unpaired) electrons. The van der Waals surface area contributed by atoms with Crippen LogP contribution in [0.15, 0.2) is 30.3 Å². The molecule has 168 valence electrons. The number of aromatic hydroxyl groups is 4. The first-order valence-electron chi connectivity index (χ1n) is 9.74. The number of aliphatic hydroxyl groups excluding tert-OH is 3. The van der Waals surface area contributed by atoms with Crippen LogP contribution in [0.1, 0.15) is 24.2 Å². The highest BCUT2D eigenvalue weighted by atomic mass is 16.7. The lowest BCUT2D eigenvalue weighted by molar-refractivity contribution is -0.310. The molecule has 7 atom stereocenters. The molecule has 2 aromatic rings. The van der Waals surface area contributed by atoms with Crippen molar-refractivity contribution in [1.82, 2.24) is 0 Å². The lowest BCUT2D eigenvalue weighted by atomic mass is 9.93. The highest BCUT2D eigenvalue weighted by molar-refractivity contribution is 5.52. The van der Waals surface area contributed by atoms with Crippen molar-refractivity contribution in [3.63, 3.8) is 0 Å². The molecule has 7 N–H and O–H groups in total. The molecule has 2 aliphatic heterocycles. The van der Waals surface area contributed by atoms with Crippen LogP contribution < -0.4 is 4.74 Å². The number of hydrogen-bond acceptors (Lipinski definition) is 10.